The van der Waals surface area contributed by atoms with Gasteiger partial charge >= 0.3 is 0 Å². The molecule has 0 fully saturated rings. The molecular formula is Br2NO. The summed E-state index contributed by atoms with van der Waals surface area (Å²) in [5, 5.41) is 0. The zero-order valence-corrected chi connectivity index (χ0v) is 4.78. The number of nitrogens with zero attached hydrogens (tertiary/aromatic N) is 1. The van der Waals surface area contributed by atoms with Gasteiger partial charge in [0.2, 0.25) is 0 Å². The van der Waals surface area contributed by atoms with Gasteiger partial charge < -0.3 is 0 Å². The van der Waals surface area contributed by atoms with Crippen LogP contribution in [0.3, 0.4) is 0 Å². The number of rotatable bonds is 0. The largest absolute Gasteiger partial charge is 0.230 e. The van der Waals surface area contributed by atoms with Gasteiger partial charge in [0.25, 0.3) is 0 Å². The minimum absolute atomic E-state index is 0. The Morgan fingerprint density at radius 3 is 1.25 bits per heavy atom. The summed E-state index contributed by atoms with van der Waals surface area (Å²) in [6, 6.07) is 0. The second-order valence-corrected chi connectivity index (χ2v) is 1.57. The quantitative estimate of drug-likeness (QED) is 0.564. The molecule has 2 nitrogen and oxygen atoms in total. The van der Waals surface area contributed by atoms with Crippen LogP contribution in [0.25, 0.3) is 0 Å². The predicted molar refractivity (Wildman–Crippen MR) is 21.1 cm³/mol. The Balaban J connectivity index is 0. The molecule has 0 heterocycles. The molecule has 0 aliphatic carbocycles. The molecule has 4 heteroatoms. The van der Waals surface area contributed by atoms with Crippen molar-refractivity contribution < 1.29 is 2.92 Å². The Kier molecular flexibility index (Phi) is 20.2. The van der Waals surface area contributed by atoms with Crippen molar-refractivity contribution in [3.8, 4) is 0 Å². The third-order valence-electron chi connectivity index (χ3n) is 0. The maximum Gasteiger partial charge on any atom is 0.115 e. The van der Waals surface area contributed by atoms with Crippen molar-refractivity contribution in [1.82, 2.24) is 6.15 Å². The van der Waals surface area contributed by atoms with E-state index in [1.807, 2.05) is 0 Å². The molecule has 0 rings (SSSR count). The van der Waals surface area contributed by atoms with E-state index in [1.165, 1.54) is 0 Å². The lowest BCUT2D eigenvalue weighted by Gasteiger charge is -1.48. The summed E-state index contributed by atoms with van der Waals surface area (Å²) in [5.41, 5.74) is 0. The van der Waals surface area contributed by atoms with Crippen LogP contribution in [-0.2, 0) is 2.92 Å². The van der Waals surface area contributed by atoms with Gasteiger partial charge in [0.05, 0.1) is 0 Å². The second-order valence-electron chi connectivity index (χ2n) is 0.0583. The van der Waals surface area contributed by atoms with Gasteiger partial charge in [-0.3, -0.25) is 0 Å². The summed E-state index contributed by atoms with van der Waals surface area (Å²) < 4.78 is 3.88. The van der Waals surface area contributed by atoms with Gasteiger partial charge in [0, 0.05) is 6.15 Å². The average molecular weight is 190 g/mol. The first-order valence-corrected chi connectivity index (χ1v) is 1.60. The molecule has 0 N–H and O–H groups in total. The Bertz CT molecular complexity index is 6.00. The van der Waals surface area contributed by atoms with Crippen LogP contribution >= 0.6 is 32.5 Å². The van der Waals surface area contributed by atoms with Crippen molar-refractivity contribution in [2.24, 2.45) is 0 Å². The summed E-state index contributed by atoms with van der Waals surface area (Å²) in [4.78, 5) is 0. The summed E-state index contributed by atoms with van der Waals surface area (Å²) in [5.74, 6) is 0. The zero-order chi connectivity index (χ0) is 2.71. The third-order valence-corrected chi connectivity index (χ3v) is 0. The first-order valence-electron chi connectivity index (χ1n) is 0.309. The maximum atomic E-state index is 3.88. The Morgan fingerprint density at radius 2 is 1.25 bits per heavy atom. The molecule has 0 bridgehead atoms. The molecule has 0 spiro atoms. The highest BCUT2D eigenvalue weighted by Gasteiger charge is 1.37. The fraction of sp³-hybridized carbons (Fsp3) is 0. The Hall–Kier alpha value is 0.880. The van der Waals surface area contributed by atoms with E-state index in [1.54, 1.807) is 0 Å². The molecule has 0 unspecified atom stereocenters. The van der Waals surface area contributed by atoms with E-state index in [-0.39, 0.29) is 6.15 Å². The van der Waals surface area contributed by atoms with E-state index < -0.39 is 0 Å². The van der Waals surface area contributed by atoms with Crippen molar-refractivity contribution in [1.29, 1.82) is 0 Å². The summed E-state index contributed by atoms with van der Waals surface area (Å²) >= 11 is 5.12. The standard InChI is InChI=1S/Br2O.N/c1-3-2;. The molecule has 0 saturated heterocycles. The molecule has 0 atom stereocenters. The fourth-order valence-corrected chi connectivity index (χ4v) is 0. The molecule has 4 heavy (non-hydrogen) atoms. The lowest BCUT2D eigenvalue weighted by Crippen LogP contribution is -1.10. The molecule has 25 valence electrons. The van der Waals surface area contributed by atoms with Crippen molar-refractivity contribution in [2.75, 3.05) is 0 Å². The van der Waals surface area contributed by atoms with E-state index in [9.17, 15) is 0 Å². The van der Waals surface area contributed by atoms with E-state index in [2.05, 4.69) is 35.4 Å². The minimum Gasteiger partial charge on any atom is -0.230 e. The van der Waals surface area contributed by atoms with Crippen LogP contribution in [0, 0.1) is 0 Å². The highest BCUT2D eigenvalue weighted by Crippen LogP contribution is 1.88. The van der Waals surface area contributed by atoms with Gasteiger partial charge in [0.1, 0.15) is 32.5 Å². The van der Waals surface area contributed by atoms with Gasteiger partial charge in [-0.15, -0.1) is 0 Å². The lowest BCUT2D eigenvalue weighted by molar-refractivity contribution is 0.838. The number of halogens is 2. The zero-order valence-electron chi connectivity index (χ0n) is 1.61. The first-order chi connectivity index (χ1) is 1.41. The van der Waals surface area contributed by atoms with Crippen LogP contribution in [0.15, 0.2) is 0 Å². The molecule has 0 aromatic heterocycles. The van der Waals surface area contributed by atoms with Crippen LogP contribution < -0.4 is 6.15 Å². The predicted octanol–water partition coefficient (Wildman–Crippen LogP) is 1.14. The van der Waals surface area contributed by atoms with Crippen LogP contribution in [-0.4, -0.2) is 0 Å². The fourth-order valence-electron chi connectivity index (χ4n) is 0. The van der Waals surface area contributed by atoms with Gasteiger partial charge in [-0.05, 0) is 0 Å². The number of hydrogen-bond acceptors (Lipinski definition) is 1. The summed E-state index contributed by atoms with van der Waals surface area (Å²) in [6.07, 6.45) is 0. The molecule has 0 amide bonds. The molecule has 0 aliphatic rings. The van der Waals surface area contributed by atoms with Crippen molar-refractivity contribution in [3.05, 3.63) is 0 Å². The summed E-state index contributed by atoms with van der Waals surface area (Å²) in [6.45, 7) is 0. The Morgan fingerprint density at radius 1 is 1.25 bits per heavy atom. The molecule has 0 aromatic carbocycles. The first kappa shape index (κ1) is 8.86. The monoisotopic (exact) mass is 188 g/mol. The van der Waals surface area contributed by atoms with Crippen LogP contribution in [0.1, 0.15) is 0 Å². The Labute approximate surface area is 42.0 Å². The average Bonchev–Trinajstić information content (AvgIpc) is 0.918. The number of hydrogen-bond donors (Lipinski definition) is 0. The van der Waals surface area contributed by atoms with Crippen LogP contribution in [0.4, 0.5) is 0 Å². The molecule has 0 aromatic rings. The van der Waals surface area contributed by atoms with Crippen molar-refractivity contribution in [2.45, 2.75) is 0 Å². The second kappa shape index (κ2) is 9.11. The minimum atomic E-state index is 0. The maximum absolute atomic E-state index is 3.88. The smallest absolute Gasteiger partial charge is 0.115 e. The van der Waals surface area contributed by atoms with E-state index in [0.29, 0.717) is 0 Å². The van der Waals surface area contributed by atoms with Crippen LogP contribution in [0.5, 0.6) is 0 Å². The van der Waals surface area contributed by atoms with Gasteiger partial charge in [-0.25, -0.2) is 2.92 Å². The molecular weight excluding hydrogens is 190 g/mol. The normalized spacial score (nSPS) is 4.50. The van der Waals surface area contributed by atoms with E-state index >= 15 is 0 Å². The molecule has 0 aliphatic heterocycles. The van der Waals surface area contributed by atoms with Crippen LogP contribution in [0.2, 0.25) is 0 Å². The van der Waals surface area contributed by atoms with E-state index in [0.717, 1.165) is 0 Å². The van der Waals surface area contributed by atoms with Gasteiger partial charge in [-0.2, -0.15) is 0 Å². The topological polar surface area (TPSA) is 39.7 Å². The highest BCUT2D eigenvalue weighted by molar-refractivity contribution is 9.18. The molecule has 0 saturated carbocycles. The lowest BCUT2D eigenvalue weighted by atomic mass is 14.0. The molecule has 3 radical (unpaired) electrons. The highest BCUT2D eigenvalue weighted by atomic mass is 79.9. The van der Waals surface area contributed by atoms with Gasteiger partial charge in [0.15, 0.2) is 0 Å². The summed E-state index contributed by atoms with van der Waals surface area (Å²) in [7, 11) is 0. The van der Waals surface area contributed by atoms with Gasteiger partial charge in [-0.1, -0.05) is 0 Å². The van der Waals surface area contributed by atoms with E-state index in [4.69, 9.17) is 0 Å². The van der Waals surface area contributed by atoms with Crippen molar-refractivity contribution >= 4 is 32.5 Å². The van der Waals surface area contributed by atoms with Crippen molar-refractivity contribution in [3.63, 3.8) is 0 Å². The SMILES string of the molecule is BrOBr.[N]. The third kappa shape index (κ3) is 13.1.